The van der Waals surface area contributed by atoms with Crippen LogP contribution in [0.25, 0.3) is 0 Å². The third kappa shape index (κ3) is 3.34. The van der Waals surface area contributed by atoms with Crippen LogP contribution in [0.5, 0.6) is 0 Å². The number of fused-ring (bicyclic) bond motifs is 1. The van der Waals surface area contributed by atoms with Crippen LogP contribution in [-0.2, 0) is 16.0 Å². The zero-order chi connectivity index (χ0) is 13.8. The number of hydrogen-bond donors (Lipinski definition) is 2. The van der Waals surface area contributed by atoms with Gasteiger partial charge in [0.1, 0.15) is 0 Å². The molecule has 2 atom stereocenters. The lowest BCUT2D eigenvalue weighted by atomic mass is 9.80. The van der Waals surface area contributed by atoms with E-state index in [-0.39, 0.29) is 24.7 Å². The highest BCUT2D eigenvalue weighted by Crippen LogP contribution is 2.39. The SMILES string of the molecule is O=C(O)C[C@@H]1CCCc2ccccc2[C@H]1CC(=O)O. The van der Waals surface area contributed by atoms with Gasteiger partial charge in [-0.2, -0.15) is 0 Å². The van der Waals surface area contributed by atoms with Crippen LogP contribution in [0.2, 0.25) is 0 Å². The van der Waals surface area contributed by atoms with Crippen LogP contribution < -0.4 is 0 Å². The molecular formula is C15H18O4. The number of benzene rings is 1. The first-order valence-electron chi connectivity index (χ1n) is 6.59. The molecule has 0 saturated carbocycles. The van der Waals surface area contributed by atoms with E-state index in [1.165, 1.54) is 5.56 Å². The Kier molecular flexibility index (Phi) is 4.20. The molecule has 0 fully saturated rings. The number of rotatable bonds is 4. The summed E-state index contributed by atoms with van der Waals surface area (Å²) in [5.41, 5.74) is 2.19. The lowest BCUT2D eigenvalue weighted by molar-refractivity contribution is -0.141. The molecule has 2 rings (SSSR count). The summed E-state index contributed by atoms with van der Waals surface area (Å²) in [4.78, 5) is 22.0. The average molecular weight is 262 g/mol. The maximum Gasteiger partial charge on any atom is 0.303 e. The van der Waals surface area contributed by atoms with Gasteiger partial charge >= 0.3 is 11.9 Å². The van der Waals surface area contributed by atoms with E-state index >= 15 is 0 Å². The van der Waals surface area contributed by atoms with E-state index in [1.807, 2.05) is 24.3 Å². The topological polar surface area (TPSA) is 74.6 Å². The molecule has 0 unspecified atom stereocenters. The number of carboxylic acids is 2. The second kappa shape index (κ2) is 5.87. The van der Waals surface area contributed by atoms with Gasteiger partial charge in [0, 0.05) is 6.42 Å². The Morgan fingerprint density at radius 2 is 1.79 bits per heavy atom. The summed E-state index contributed by atoms with van der Waals surface area (Å²) in [6, 6.07) is 7.82. The summed E-state index contributed by atoms with van der Waals surface area (Å²) in [6.45, 7) is 0. The van der Waals surface area contributed by atoms with Gasteiger partial charge in [-0.15, -0.1) is 0 Å². The molecule has 2 N–H and O–H groups in total. The molecular weight excluding hydrogens is 244 g/mol. The van der Waals surface area contributed by atoms with Crippen molar-refractivity contribution in [2.24, 2.45) is 5.92 Å². The lowest BCUT2D eigenvalue weighted by Gasteiger charge is -2.24. The van der Waals surface area contributed by atoms with Crippen LogP contribution >= 0.6 is 0 Å². The van der Waals surface area contributed by atoms with Crippen LogP contribution in [0.1, 0.15) is 42.7 Å². The highest BCUT2D eigenvalue weighted by molar-refractivity contribution is 5.70. The molecule has 0 aliphatic heterocycles. The minimum absolute atomic E-state index is 0.00889. The fraction of sp³-hybridized carbons (Fsp3) is 0.467. The van der Waals surface area contributed by atoms with E-state index in [9.17, 15) is 9.59 Å². The highest BCUT2D eigenvalue weighted by atomic mass is 16.4. The standard InChI is InChI=1S/C15H18O4/c16-14(17)8-11-6-3-5-10-4-1-2-7-12(10)13(11)9-15(18)19/h1-2,4,7,11,13H,3,5-6,8-9H2,(H,16,17)(H,18,19)/t11-,13-/m0/s1. The minimum atomic E-state index is -0.864. The van der Waals surface area contributed by atoms with Gasteiger partial charge in [0.15, 0.2) is 0 Å². The largest absolute Gasteiger partial charge is 0.481 e. The molecule has 0 spiro atoms. The molecule has 0 saturated heterocycles. The van der Waals surface area contributed by atoms with Crippen LogP contribution in [0.4, 0.5) is 0 Å². The molecule has 0 bridgehead atoms. The highest BCUT2D eigenvalue weighted by Gasteiger charge is 2.30. The van der Waals surface area contributed by atoms with E-state index in [4.69, 9.17) is 10.2 Å². The first kappa shape index (κ1) is 13.6. The van der Waals surface area contributed by atoms with E-state index < -0.39 is 11.9 Å². The van der Waals surface area contributed by atoms with Gasteiger partial charge in [-0.3, -0.25) is 9.59 Å². The molecule has 1 aliphatic rings. The zero-order valence-corrected chi connectivity index (χ0v) is 10.7. The zero-order valence-electron chi connectivity index (χ0n) is 10.7. The molecule has 1 aromatic rings. The Hall–Kier alpha value is -1.84. The maximum absolute atomic E-state index is 11.1. The van der Waals surface area contributed by atoms with Gasteiger partial charge in [0.25, 0.3) is 0 Å². The fourth-order valence-corrected chi connectivity index (χ4v) is 3.07. The predicted molar refractivity (Wildman–Crippen MR) is 70.1 cm³/mol. The summed E-state index contributed by atoms with van der Waals surface area (Å²) < 4.78 is 0. The van der Waals surface area contributed by atoms with Crippen molar-refractivity contribution in [1.82, 2.24) is 0 Å². The Balaban J connectivity index is 2.35. The van der Waals surface area contributed by atoms with Crippen molar-refractivity contribution in [2.45, 2.75) is 38.0 Å². The summed E-state index contributed by atoms with van der Waals surface area (Å²) in [7, 11) is 0. The molecule has 0 radical (unpaired) electrons. The third-order valence-corrected chi connectivity index (χ3v) is 3.88. The summed E-state index contributed by atoms with van der Waals surface area (Å²) in [5.74, 6) is -1.98. The fourth-order valence-electron chi connectivity index (χ4n) is 3.07. The summed E-state index contributed by atoms with van der Waals surface area (Å²) in [5, 5.41) is 18.1. The van der Waals surface area contributed by atoms with Crippen LogP contribution in [0.3, 0.4) is 0 Å². The van der Waals surface area contributed by atoms with Gasteiger partial charge < -0.3 is 10.2 Å². The smallest absolute Gasteiger partial charge is 0.303 e. The van der Waals surface area contributed by atoms with Crippen molar-refractivity contribution >= 4 is 11.9 Å². The lowest BCUT2D eigenvalue weighted by Crippen LogP contribution is -2.19. The number of carboxylic acid groups (broad SMARTS) is 2. The van der Waals surface area contributed by atoms with Crippen LogP contribution in [0.15, 0.2) is 24.3 Å². The minimum Gasteiger partial charge on any atom is -0.481 e. The van der Waals surface area contributed by atoms with Crippen LogP contribution in [-0.4, -0.2) is 22.2 Å². The number of aryl methyl sites for hydroxylation is 1. The Morgan fingerprint density at radius 3 is 2.47 bits per heavy atom. The van der Waals surface area contributed by atoms with Gasteiger partial charge in [-0.05, 0) is 42.2 Å². The first-order valence-corrected chi connectivity index (χ1v) is 6.59. The maximum atomic E-state index is 11.1. The van der Waals surface area contributed by atoms with Crippen molar-refractivity contribution in [2.75, 3.05) is 0 Å². The average Bonchev–Trinajstić information content (AvgIpc) is 2.49. The molecule has 1 aromatic carbocycles. The number of carbonyl (C=O) groups is 2. The Morgan fingerprint density at radius 1 is 1.11 bits per heavy atom. The van der Waals surface area contributed by atoms with E-state index in [0.29, 0.717) is 0 Å². The van der Waals surface area contributed by atoms with E-state index in [0.717, 1.165) is 24.8 Å². The number of hydrogen-bond acceptors (Lipinski definition) is 2. The molecule has 4 heteroatoms. The molecule has 19 heavy (non-hydrogen) atoms. The molecule has 0 aromatic heterocycles. The second-order valence-electron chi connectivity index (χ2n) is 5.15. The van der Waals surface area contributed by atoms with Crippen molar-refractivity contribution in [3.05, 3.63) is 35.4 Å². The van der Waals surface area contributed by atoms with Gasteiger partial charge in [-0.25, -0.2) is 0 Å². The summed E-state index contributed by atoms with van der Waals surface area (Å²) in [6.07, 6.45) is 2.66. The Bertz CT molecular complexity index is 481. The van der Waals surface area contributed by atoms with Gasteiger partial charge in [0.2, 0.25) is 0 Å². The Labute approximate surface area is 112 Å². The quantitative estimate of drug-likeness (QED) is 0.818. The molecule has 102 valence electrons. The van der Waals surface area contributed by atoms with Crippen molar-refractivity contribution in [3.63, 3.8) is 0 Å². The second-order valence-corrected chi connectivity index (χ2v) is 5.15. The predicted octanol–water partition coefficient (Wildman–Crippen LogP) is 2.67. The first-order chi connectivity index (χ1) is 9.08. The van der Waals surface area contributed by atoms with Crippen LogP contribution in [0, 0.1) is 5.92 Å². The molecule has 0 heterocycles. The number of aliphatic carboxylic acids is 2. The van der Waals surface area contributed by atoms with E-state index in [1.54, 1.807) is 0 Å². The molecule has 4 nitrogen and oxygen atoms in total. The third-order valence-electron chi connectivity index (χ3n) is 3.88. The van der Waals surface area contributed by atoms with Crippen molar-refractivity contribution in [3.8, 4) is 0 Å². The van der Waals surface area contributed by atoms with Crippen molar-refractivity contribution < 1.29 is 19.8 Å². The molecule has 0 amide bonds. The van der Waals surface area contributed by atoms with Gasteiger partial charge in [0.05, 0.1) is 6.42 Å². The normalized spacial score (nSPS) is 22.3. The van der Waals surface area contributed by atoms with Gasteiger partial charge in [-0.1, -0.05) is 24.3 Å². The van der Waals surface area contributed by atoms with Crippen molar-refractivity contribution in [1.29, 1.82) is 0 Å². The molecule has 1 aliphatic carbocycles. The summed E-state index contributed by atoms with van der Waals surface area (Å²) >= 11 is 0. The van der Waals surface area contributed by atoms with E-state index in [2.05, 4.69) is 0 Å². The monoisotopic (exact) mass is 262 g/mol.